The highest BCUT2D eigenvalue weighted by Crippen LogP contribution is 2.67. The summed E-state index contributed by atoms with van der Waals surface area (Å²) >= 11 is 0. The minimum Gasteiger partial charge on any atom is -0.497 e. The van der Waals surface area contributed by atoms with Crippen LogP contribution in [0, 0.1) is 16.2 Å². The third-order valence-corrected chi connectivity index (χ3v) is 14.9. The van der Waals surface area contributed by atoms with Crippen molar-refractivity contribution in [3.05, 3.63) is 53.1 Å². The molecule has 1 aromatic heterocycles. The van der Waals surface area contributed by atoms with Crippen molar-refractivity contribution in [2.75, 3.05) is 67.7 Å². The maximum atomic E-state index is 15.3. The fourth-order valence-electron chi connectivity index (χ4n) is 10.7. The summed E-state index contributed by atoms with van der Waals surface area (Å²) in [5.41, 5.74) is 4.13. The summed E-state index contributed by atoms with van der Waals surface area (Å²) in [5, 5.41) is 1.03. The molecule has 3 saturated heterocycles. The molecular formula is C39H47N5O8S. The zero-order valence-electron chi connectivity index (χ0n) is 30.8. The smallest absolute Gasteiger partial charge is 0.409 e. The number of nitrogens with one attached hydrogen (secondary N) is 1. The number of hydrogen-bond donors (Lipinski definition) is 1. The lowest BCUT2D eigenvalue weighted by atomic mass is 9.71. The van der Waals surface area contributed by atoms with Gasteiger partial charge in [-0.15, -0.1) is 0 Å². The Balaban J connectivity index is 1.17. The van der Waals surface area contributed by atoms with E-state index in [1.165, 1.54) is 33.2 Å². The second-order valence-corrected chi connectivity index (χ2v) is 18.4. The van der Waals surface area contributed by atoms with E-state index in [2.05, 4.69) is 21.4 Å². The second kappa shape index (κ2) is 11.9. The number of amides is 3. The van der Waals surface area contributed by atoms with Gasteiger partial charge in [0.25, 0.3) is 5.91 Å². The number of fused-ring (bicyclic) bond motifs is 7. The van der Waals surface area contributed by atoms with Crippen molar-refractivity contribution < 1.29 is 37.0 Å². The van der Waals surface area contributed by atoms with Crippen LogP contribution < -0.4 is 9.46 Å². The summed E-state index contributed by atoms with van der Waals surface area (Å²) in [7, 11) is 1.80. The van der Waals surface area contributed by atoms with Gasteiger partial charge in [-0.05, 0) is 66.6 Å². The normalized spacial score (nSPS) is 28.9. The van der Waals surface area contributed by atoms with Crippen LogP contribution in [0.15, 0.2) is 36.4 Å². The van der Waals surface area contributed by atoms with E-state index < -0.39 is 21.5 Å². The molecule has 0 bridgehead atoms. The van der Waals surface area contributed by atoms with E-state index in [1.54, 1.807) is 24.1 Å². The van der Waals surface area contributed by atoms with Crippen molar-refractivity contribution in [2.45, 2.75) is 56.9 Å². The van der Waals surface area contributed by atoms with Crippen LogP contribution in [0.5, 0.6) is 5.75 Å². The zero-order valence-corrected chi connectivity index (χ0v) is 31.6. The number of nitrogens with zero attached hydrogens (tertiary/aromatic N) is 4. The number of hydrogen-bond acceptors (Lipinski definition) is 8. The summed E-state index contributed by atoms with van der Waals surface area (Å²) in [6, 6.07) is 11.7. The third-order valence-electron chi connectivity index (χ3n) is 13.5. The van der Waals surface area contributed by atoms with Gasteiger partial charge in [-0.2, -0.15) is 12.7 Å². The Morgan fingerprint density at radius 3 is 2.26 bits per heavy atom. The Labute approximate surface area is 309 Å². The largest absolute Gasteiger partial charge is 0.497 e. The minimum atomic E-state index is -4.01. The fraction of sp³-hybridized carbons (Fsp3) is 0.564. The number of carbonyl (C=O) groups excluding carboxylic acids is 3. The molecule has 53 heavy (non-hydrogen) atoms. The molecule has 2 saturated carbocycles. The van der Waals surface area contributed by atoms with Gasteiger partial charge in [0.15, 0.2) is 0 Å². The zero-order chi connectivity index (χ0) is 37.1. The lowest BCUT2D eigenvalue weighted by Gasteiger charge is -2.30. The molecule has 0 radical (unpaired) electrons. The Morgan fingerprint density at radius 2 is 1.60 bits per heavy atom. The SMILES string of the molecule is COC(=O)N1CC23COCC2(C1)CN(C(=O)[C@]12C[C@H]1c1cc(OC)ccc1-c1c(C4CCCCC4)c4ccc(C(=O)NS(=O)(=O)N(C)C)cc4n1C2)C3. The Morgan fingerprint density at radius 1 is 0.906 bits per heavy atom. The number of aromatic nitrogens is 1. The van der Waals surface area contributed by atoms with E-state index in [9.17, 15) is 18.0 Å². The van der Waals surface area contributed by atoms with Crippen LogP contribution in [-0.2, 0) is 31.0 Å². The molecule has 9 rings (SSSR count). The highest BCUT2D eigenvalue weighted by Gasteiger charge is 2.71. The predicted octanol–water partition coefficient (Wildman–Crippen LogP) is 4.32. The summed E-state index contributed by atoms with van der Waals surface area (Å²) < 4.78 is 47.6. The van der Waals surface area contributed by atoms with Crippen LogP contribution in [0.2, 0.25) is 0 Å². The molecule has 2 aromatic carbocycles. The van der Waals surface area contributed by atoms with Crippen molar-refractivity contribution in [2.24, 2.45) is 16.2 Å². The summed E-state index contributed by atoms with van der Waals surface area (Å²) in [6.07, 6.45) is 5.90. The predicted molar refractivity (Wildman–Crippen MR) is 196 cm³/mol. The summed E-state index contributed by atoms with van der Waals surface area (Å²) in [6.45, 7) is 3.41. The average molecular weight is 746 g/mol. The summed E-state index contributed by atoms with van der Waals surface area (Å²) in [5.74, 6) is 0.409. The Bertz CT molecular complexity index is 2160. The third kappa shape index (κ3) is 5.00. The average Bonchev–Trinajstić information content (AvgIpc) is 3.33. The van der Waals surface area contributed by atoms with Crippen LogP contribution in [0.25, 0.3) is 22.2 Å². The number of methoxy groups -OCH3 is 2. The molecule has 4 aliphatic heterocycles. The van der Waals surface area contributed by atoms with Gasteiger partial charge in [0.1, 0.15) is 5.75 Å². The minimum absolute atomic E-state index is 0.0379. The first-order valence-corrected chi connectivity index (χ1v) is 20.1. The van der Waals surface area contributed by atoms with Crippen molar-refractivity contribution in [3.63, 3.8) is 0 Å². The molecule has 282 valence electrons. The molecule has 2 aliphatic carbocycles. The molecule has 1 N–H and O–H groups in total. The molecule has 14 heteroatoms. The van der Waals surface area contributed by atoms with E-state index >= 15 is 4.79 Å². The lowest BCUT2D eigenvalue weighted by molar-refractivity contribution is -0.138. The highest BCUT2D eigenvalue weighted by molar-refractivity contribution is 7.87. The number of benzene rings is 2. The van der Waals surface area contributed by atoms with E-state index in [-0.39, 0.29) is 34.3 Å². The van der Waals surface area contributed by atoms with Gasteiger partial charge < -0.3 is 28.6 Å². The molecule has 4 atom stereocenters. The molecule has 5 fully saturated rings. The molecule has 2 unspecified atom stereocenters. The standard InChI is InChI=1S/C39H47N5O8S/c1-41(2)53(48,49)40-34(45)25-10-12-28-31(14-25)44-21-39(35(46)42-17-37-19-43(36(47)51-4)20-38(37,18-42)23-52-22-37)16-30(39)29-15-26(50-3)11-13-27(29)33(44)32(28)24-8-6-5-7-9-24/h10-15,24,30H,5-9,16-23H2,1-4H3,(H,40,45)/t30-,37?,38?,39-/m0/s1. The van der Waals surface area contributed by atoms with Crippen molar-refractivity contribution in [1.29, 1.82) is 0 Å². The van der Waals surface area contributed by atoms with Gasteiger partial charge in [0, 0.05) is 85.6 Å². The van der Waals surface area contributed by atoms with Crippen LogP contribution >= 0.6 is 0 Å². The first-order chi connectivity index (χ1) is 25.4. The molecule has 6 aliphatic rings. The quantitative estimate of drug-likeness (QED) is 0.394. The number of ether oxygens (including phenoxy) is 3. The molecule has 3 amide bonds. The monoisotopic (exact) mass is 745 g/mol. The van der Waals surface area contributed by atoms with Crippen molar-refractivity contribution >= 4 is 39.0 Å². The van der Waals surface area contributed by atoms with Crippen LogP contribution in [0.4, 0.5) is 4.79 Å². The topological polar surface area (TPSA) is 140 Å². The molecule has 3 aromatic rings. The van der Waals surface area contributed by atoms with E-state index in [1.807, 2.05) is 17.0 Å². The van der Waals surface area contributed by atoms with Gasteiger partial charge in [-0.3, -0.25) is 9.59 Å². The van der Waals surface area contributed by atoms with Crippen LogP contribution in [0.1, 0.15) is 71.8 Å². The first-order valence-electron chi connectivity index (χ1n) is 18.6. The Hall–Kier alpha value is -4.14. The number of likely N-dealkylation sites (tertiary alicyclic amines) is 2. The fourth-order valence-corrected chi connectivity index (χ4v) is 11.2. The van der Waals surface area contributed by atoms with Gasteiger partial charge in [-0.1, -0.05) is 25.3 Å². The number of carbonyl (C=O) groups is 3. The number of rotatable bonds is 6. The van der Waals surface area contributed by atoms with E-state index in [0.717, 1.165) is 63.5 Å². The molecular weight excluding hydrogens is 699 g/mol. The first kappa shape index (κ1) is 34.6. The van der Waals surface area contributed by atoms with Crippen molar-refractivity contribution in [3.8, 4) is 17.0 Å². The molecule has 0 spiro atoms. The maximum Gasteiger partial charge on any atom is 0.409 e. The maximum absolute atomic E-state index is 15.3. The van der Waals surface area contributed by atoms with Gasteiger partial charge in [-0.25, -0.2) is 9.52 Å². The molecule has 13 nitrogen and oxygen atoms in total. The van der Waals surface area contributed by atoms with Crippen molar-refractivity contribution in [1.82, 2.24) is 23.4 Å². The van der Waals surface area contributed by atoms with Crippen LogP contribution in [0.3, 0.4) is 0 Å². The van der Waals surface area contributed by atoms with Gasteiger partial charge in [0.2, 0.25) is 5.91 Å². The van der Waals surface area contributed by atoms with Gasteiger partial charge in [0.05, 0.1) is 38.5 Å². The summed E-state index contributed by atoms with van der Waals surface area (Å²) in [4.78, 5) is 45.1. The highest BCUT2D eigenvalue weighted by atomic mass is 32.2. The molecule has 5 heterocycles. The van der Waals surface area contributed by atoms with Crippen LogP contribution in [-0.4, -0.2) is 113 Å². The lowest BCUT2D eigenvalue weighted by Crippen LogP contribution is -2.44. The van der Waals surface area contributed by atoms with E-state index in [4.69, 9.17) is 14.2 Å². The van der Waals surface area contributed by atoms with Gasteiger partial charge >= 0.3 is 16.3 Å². The Kier molecular flexibility index (Phi) is 7.79. The van der Waals surface area contributed by atoms with E-state index in [0.29, 0.717) is 58.3 Å². The second-order valence-electron chi connectivity index (χ2n) is 16.5.